The van der Waals surface area contributed by atoms with Crippen molar-refractivity contribution in [3.8, 4) is 0 Å². The molecule has 0 saturated carbocycles. The van der Waals surface area contributed by atoms with Crippen LogP contribution in [0.25, 0.3) is 0 Å². The van der Waals surface area contributed by atoms with Crippen LogP contribution in [0.1, 0.15) is 23.7 Å². The van der Waals surface area contributed by atoms with Crippen molar-refractivity contribution in [2.24, 2.45) is 0 Å². The van der Waals surface area contributed by atoms with Gasteiger partial charge in [0.1, 0.15) is 15.7 Å². The van der Waals surface area contributed by atoms with Gasteiger partial charge in [-0.25, -0.2) is 23.1 Å². The normalized spacial score (nSPS) is 11.5. The van der Waals surface area contributed by atoms with Gasteiger partial charge < -0.3 is 5.32 Å². The molecule has 0 saturated heterocycles. The van der Waals surface area contributed by atoms with E-state index in [9.17, 15) is 8.42 Å². The fourth-order valence-corrected chi connectivity index (χ4v) is 3.75. The number of thiazole rings is 1. The third kappa shape index (κ3) is 3.99. The monoisotopic (exact) mass is 326 g/mol. The van der Waals surface area contributed by atoms with Gasteiger partial charge in [0, 0.05) is 23.8 Å². The average molecular weight is 326 g/mol. The maximum atomic E-state index is 12.4. The van der Waals surface area contributed by atoms with Crippen LogP contribution in [0.4, 0.5) is 5.82 Å². The Kier molecular flexibility index (Phi) is 5.27. The second-order valence-corrected chi connectivity index (χ2v) is 7.21. The first-order chi connectivity index (χ1) is 10.1. The van der Waals surface area contributed by atoms with Crippen molar-refractivity contribution in [2.45, 2.75) is 31.7 Å². The number of nitrogens with one attached hydrogen (secondary N) is 2. The van der Waals surface area contributed by atoms with E-state index in [4.69, 9.17) is 0 Å². The first-order valence-electron chi connectivity index (χ1n) is 6.69. The molecule has 21 heavy (non-hydrogen) atoms. The van der Waals surface area contributed by atoms with Gasteiger partial charge in [0.15, 0.2) is 0 Å². The Labute approximate surface area is 128 Å². The maximum absolute atomic E-state index is 12.4. The first kappa shape index (κ1) is 15.9. The van der Waals surface area contributed by atoms with Crippen LogP contribution in [0.5, 0.6) is 0 Å². The molecule has 0 aliphatic carbocycles. The van der Waals surface area contributed by atoms with E-state index in [1.54, 1.807) is 18.5 Å². The predicted octanol–water partition coefficient (Wildman–Crippen LogP) is 2.01. The lowest BCUT2D eigenvalue weighted by atomic mass is 10.4. The van der Waals surface area contributed by atoms with Crippen LogP contribution in [0.2, 0.25) is 0 Å². The summed E-state index contributed by atoms with van der Waals surface area (Å²) in [5.74, 6) is 0.362. The zero-order chi connectivity index (χ0) is 15.3. The molecule has 0 spiro atoms. The molecule has 2 aromatic heterocycles. The lowest BCUT2D eigenvalue weighted by molar-refractivity contribution is 0.581. The SMILES string of the molecule is CCNc1ncccc1S(=O)(=O)NCc1ncc(CC)s1. The number of pyridine rings is 1. The summed E-state index contributed by atoms with van der Waals surface area (Å²) in [4.78, 5) is 9.56. The first-order valence-corrected chi connectivity index (χ1v) is 8.99. The average Bonchev–Trinajstić information content (AvgIpc) is 2.94. The lowest BCUT2D eigenvalue weighted by Gasteiger charge is -2.10. The number of aromatic nitrogens is 2. The second-order valence-electron chi connectivity index (χ2n) is 4.28. The smallest absolute Gasteiger partial charge is 0.244 e. The molecular weight excluding hydrogens is 308 g/mol. The minimum Gasteiger partial charge on any atom is -0.369 e. The fourth-order valence-electron chi connectivity index (χ4n) is 1.74. The van der Waals surface area contributed by atoms with Gasteiger partial charge in [0.05, 0.1) is 6.54 Å². The Bertz CT molecular complexity index is 698. The summed E-state index contributed by atoms with van der Waals surface area (Å²) in [6, 6.07) is 3.14. The highest BCUT2D eigenvalue weighted by Gasteiger charge is 2.19. The van der Waals surface area contributed by atoms with Crippen molar-refractivity contribution in [3.63, 3.8) is 0 Å². The van der Waals surface area contributed by atoms with Crippen LogP contribution in [0.3, 0.4) is 0 Å². The van der Waals surface area contributed by atoms with Crippen LogP contribution in [-0.2, 0) is 23.0 Å². The minimum absolute atomic E-state index is 0.152. The lowest BCUT2D eigenvalue weighted by Crippen LogP contribution is -2.24. The Hall–Kier alpha value is -1.51. The Balaban J connectivity index is 2.14. The topological polar surface area (TPSA) is 84.0 Å². The van der Waals surface area contributed by atoms with E-state index >= 15 is 0 Å². The van der Waals surface area contributed by atoms with Crippen molar-refractivity contribution < 1.29 is 8.42 Å². The van der Waals surface area contributed by atoms with Gasteiger partial charge in [-0.05, 0) is 25.5 Å². The molecule has 8 heteroatoms. The van der Waals surface area contributed by atoms with E-state index in [0.29, 0.717) is 12.4 Å². The van der Waals surface area contributed by atoms with E-state index in [2.05, 4.69) is 20.0 Å². The number of nitrogens with zero attached hydrogens (tertiary/aromatic N) is 2. The van der Waals surface area contributed by atoms with E-state index < -0.39 is 10.0 Å². The van der Waals surface area contributed by atoms with E-state index in [1.807, 2.05) is 13.8 Å². The van der Waals surface area contributed by atoms with Crippen molar-refractivity contribution >= 4 is 27.2 Å². The molecule has 2 aromatic rings. The highest BCUT2D eigenvalue weighted by atomic mass is 32.2. The van der Waals surface area contributed by atoms with Gasteiger partial charge in [0.2, 0.25) is 10.0 Å². The van der Waals surface area contributed by atoms with Gasteiger partial charge in [-0.2, -0.15) is 0 Å². The fraction of sp³-hybridized carbons (Fsp3) is 0.385. The summed E-state index contributed by atoms with van der Waals surface area (Å²) >= 11 is 1.51. The van der Waals surface area contributed by atoms with Crippen molar-refractivity contribution in [1.82, 2.24) is 14.7 Å². The maximum Gasteiger partial charge on any atom is 0.244 e. The summed E-state index contributed by atoms with van der Waals surface area (Å²) in [6.07, 6.45) is 4.24. The van der Waals surface area contributed by atoms with Crippen LogP contribution >= 0.6 is 11.3 Å². The molecule has 0 unspecified atom stereocenters. The van der Waals surface area contributed by atoms with Crippen molar-refractivity contribution in [1.29, 1.82) is 0 Å². The van der Waals surface area contributed by atoms with Gasteiger partial charge in [0.25, 0.3) is 0 Å². The molecule has 0 amide bonds. The Morgan fingerprint density at radius 3 is 2.76 bits per heavy atom. The molecule has 2 rings (SSSR count). The number of aryl methyl sites for hydroxylation is 1. The van der Waals surface area contributed by atoms with E-state index in [1.165, 1.54) is 17.4 Å². The predicted molar refractivity (Wildman–Crippen MR) is 83.9 cm³/mol. The molecule has 0 aromatic carbocycles. The molecule has 0 radical (unpaired) electrons. The van der Waals surface area contributed by atoms with Gasteiger partial charge in [-0.3, -0.25) is 0 Å². The van der Waals surface area contributed by atoms with Crippen molar-refractivity contribution in [3.05, 3.63) is 34.4 Å². The standard InChI is InChI=1S/C13H18N4O2S2/c1-3-10-8-16-12(20-10)9-17-21(18,19)11-6-5-7-15-13(11)14-4-2/h5-8,17H,3-4,9H2,1-2H3,(H,14,15). The van der Waals surface area contributed by atoms with Crippen LogP contribution in [0.15, 0.2) is 29.4 Å². The van der Waals surface area contributed by atoms with Gasteiger partial charge in [-0.1, -0.05) is 6.92 Å². The van der Waals surface area contributed by atoms with E-state index in [0.717, 1.165) is 16.3 Å². The third-order valence-electron chi connectivity index (χ3n) is 2.77. The Morgan fingerprint density at radius 1 is 1.29 bits per heavy atom. The van der Waals surface area contributed by atoms with Gasteiger partial charge in [-0.15, -0.1) is 11.3 Å². The molecule has 0 atom stereocenters. The highest BCUT2D eigenvalue weighted by Crippen LogP contribution is 2.19. The molecule has 2 heterocycles. The number of sulfonamides is 1. The number of hydrogen-bond donors (Lipinski definition) is 2. The molecular formula is C13H18N4O2S2. The number of anilines is 1. The van der Waals surface area contributed by atoms with Crippen LogP contribution < -0.4 is 10.0 Å². The quantitative estimate of drug-likeness (QED) is 0.813. The highest BCUT2D eigenvalue weighted by molar-refractivity contribution is 7.89. The summed E-state index contributed by atoms with van der Waals surface area (Å²) in [7, 11) is -3.62. The van der Waals surface area contributed by atoms with Crippen LogP contribution in [-0.4, -0.2) is 24.9 Å². The summed E-state index contributed by atoms with van der Waals surface area (Å²) < 4.78 is 27.3. The van der Waals surface area contributed by atoms with E-state index in [-0.39, 0.29) is 11.4 Å². The third-order valence-corrected chi connectivity index (χ3v) is 5.34. The molecule has 0 bridgehead atoms. The zero-order valence-electron chi connectivity index (χ0n) is 12.0. The Morgan fingerprint density at radius 2 is 2.10 bits per heavy atom. The molecule has 0 aliphatic heterocycles. The number of hydrogen-bond acceptors (Lipinski definition) is 6. The second kappa shape index (κ2) is 6.97. The molecule has 114 valence electrons. The largest absolute Gasteiger partial charge is 0.369 e. The molecule has 6 nitrogen and oxygen atoms in total. The number of rotatable bonds is 7. The minimum atomic E-state index is -3.62. The van der Waals surface area contributed by atoms with Crippen LogP contribution in [0, 0.1) is 0 Å². The summed E-state index contributed by atoms with van der Waals surface area (Å²) in [5, 5.41) is 3.70. The summed E-state index contributed by atoms with van der Waals surface area (Å²) in [6.45, 7) is 4.72. The summed E-state index contributed by atoms with van der Waals surface area (Å²) in [5.41, 5.74) is 0. The zero-order valence-corrected chi connectivity index (χ0v) is 13.6. The van der Waals surface area contributed by atoms with Crippen molar-refractivity contribution in [2.75, 3.05) is 11.9 Å². The molecule has 0 fully saturated rings. The van der Waals surface area contributed by atoms with Gasteiger partial charge >= 0.3 is 0 Å². The molecule has 0 aliphatic rings. The molecule has 2 N–H and O–H groups in total.